The number of pyridine rings is 1. The summed E-state index contributed by atoms with van der Waals surface area (Å²) in [6, 6.07) is 10.9. The van der Waals surface area contributed by atoms with Crippen LogP contribution in [0.3, 0.4) is 0 Å². The highest BCUT2D eigenvalue weighted by atomic mass is 19.1. The summed E-state index contributed by atoms with van der Waals surface area (Å²) in [5, 5.41) is 0. The zero-order chi connectivity index (χ0) is 12.3. The summed E-state index contributed by atoms with van der Waals surface area (Å²) >= 11 is 0. The van der Waals surface area contributed by atoms with Crippen molar-refractivity contribution < 1.29 is 4.39 Å². The third-order valence-electron chi connectivity index (χ3n) is 2.61. The van der Waals surface area contributed by atoms with Crippen LogP contribution in [0.15, 0.2) is 42.6 Å². The average molecular weight is 231 g/mol. The van der Waals surface area contributed by atoms with Crippen LogP contribution in [-0.2, 0) is 6.54 Å². The van der Waals surface area contributed by atoms with Crippen molar-refractivity contribution in [2.45, 2.75) is 6.54 Å². The topological polar surface area (TPSA) is 42.1 Å². The van der Waals surface area contributed by atoms with Crippen LogP contribution in [0, 0.1) is 5.82 Å². The highest BCUT2D eigenvalue weighted by Crippen LogP contribution is 2.21. The molecular weight excluding hydrogens is 217 g/mol. The smallest absolute Gasteiger partial charge is 0.141 e. The number of rotatable bonds is 3. The Morgan fingerprint density at radius 2 is 1.88 bits per heavy atom. The summed E-state index contributed by atoms with van der Waals surface area (Å²) in [6.07, 6.45) is 1.21. The molecule has 0 aliphatic rings. The first-order chi connectivity index (χ1) is 8.20. The predicted octanol–water partition coefficient (Wildman–Crippen LogP) is 2.45. The van der Waals surface area contributed by atoms with E-state index in [4.69, 9.17) is 5.73 Å². The van der Waals surface area contributed by atoms with Crippen molar-refractivity contribution in [1.29, 1.82) is 0 Å². The summed E-state index contributed by atoms with van der Waals surface area (Å²) in [5.41, 5.74) is 7.60. The molecular formula is C13H14FN3. The molecule has 1 heterocycles. The van der Waals surface area contributed by atoms with E-state index in [2.05, 4.69) is 4.98 Å². The lowest BCUT2D eigenvalue weighted by atomic mass is 10.2. The molecule has 0 radical (unpaired) electrons. The summed E-state index contributed by atoms with van der Waals surface area (Å²) < 4.78 is 12.8. The molecule has 88 valence electrons. The highest BCUT2D eigenvalue weighted by molar-refractivity contribution is 5.59. The van der Waals surface area contributed by atoms with Crippen molar-refractivity contribution >= 4 is 11.5 Å². The molecule has 1 aromatic carbocycles. The highest BCUT2D eigenvalue weighted by Gasteiger charge is 2.04. The number of anilines is 2. The Morgan fingerprint density at radius 3 is 2.41 bits per heavy atom. The van der Waals surface area contributed by atoms with E-state index in [1.807, 2.05) is 36.2 Å². The molecule has 0 aliphatic heterocycles. The van der Waals surface area contributed by atoms with Crippen LogP contribution < -0.4 is 10.6 Å². The number of benzene rings is 1. The molecule has 2 rings (SSSR count). The second-order valence-electron chi connectivity index (χ2n) is 3.76. The summed E-state index contributed by atoms with van der Waals surface area (Å²) in [7, 11) is 1.89. The van der Waals surface area contributed by atoms with E-state index < -0.39 is 0 Å². The van der Waals surface area contributed by atoms with Gasteiger partial charge < -0.3 is 10.6 Å². The number of hydrogen-bond donors (Lipinski definition) is 1. The standard InChI is InChI=1S/C13H14FN3/c1-17(13-7-4-11(14)9-16-13)12-5-2-10(8-15)3-6-12/h2-7,9H,8,15H2,1H3. The zero-order valence-corrected chi connectivity index (χ0v) is 9.60. The van der Waals surface area contributed by atoms with Crippen LogP contribution in [-0.4, -0.2) is 12.0 Å². The van der Waals surface area contributed by atoms with E-state index in [0.717, 1.165) is 11.3 Å². The van der Waals surface area contributed by atoms with E-state index in [0.29, 0.717) is 12.4 Å². The van der Waals surface area contributed by atoms with Gasteiger partial charge in [0.1, 0.15) is 11.6 Å². The zero-order valence-electron chi connectivity index (χ0n) is 9.60. The van der Waals surface area contributed by atoms with Crippen LogP contribution >= 0.6 is 0 Å². The van der Waals surface area contributed by atoms with Crippen molar-refractivity contribution in [3.8, 4) is 0 Å². The molecule has 0 aliphatic carbocycles. The van der Waals surface area contributed by atoms with Crippen molar-refractivity contribution in [1.82, 2.24) is 4.98 Å². The molecule has 0 bridgehead atoms. The monoisotopic (exact) mass is 231 g/mol. The molecule has 2 N–H and O–H groups in total. The van der Waals surface area contributed by atoms with E-state index in [9.17, 15) is 4.39 Å². The first-order valence-corrected chi connectivity index (χ1v) is 5.35. The molecule has 0 atom stereocenters. The largest absolute Gasteiger partial charge is 0.329 e. The van der Waals surface area contributed by atoms with E-state index in [-0.39, 0.29) is 5.82 Å². The molecule has 0 unspecified atom stereocenters. The van der Waals surface area contributed by atoms with Gasteiger partial charge in [0, 0.05) is 19.3 Å². The van der Waals surface area contributed by atoms with Crippen LogP contribution in [0.1, 0.15) is 5.56 Å². The third-order valence-corrected chi connectivity index (χ3v) is 2.61. The Labute approximate surface area is 99.7 Å². The molecule has 0 fully saturated rings. The van der Waals surface area contributed by atoms with Crippen molar-refractivity contribution in [2.24, 2.45) is 5.73 Å². The van der Waals surface area contributed by atoms with Gasteiger partial charge in [0.25, 0.3) is 0 Å². The Bertz CT molecular complexity index is 479. The quantitative estimate of drug-likeness (QED) is 0.882. The minimum absolute atomic E-state index is 0.333. The Morgan fingerprint density at radius 1 is 1.18 bits per heavy atom. The van der Waals surface area contributed by atoms with Gasteiger partial charge in [0.2, 0.25) is 0 Å². The SMILES string of the molecule is CN(c1ccc(CN)cc1)c1ccc(F)cn1. The molecule has 17 heavy (non-hydrogen) atoms. The minimum atomic E-state index is -0.333. The van der Waals surface area contributed by atoms with Crippen LogP contribution in [0.5, 0.6) is 0 Å². The van der Waals surface area contributed by atoms with Crippen molar-refractivity contribution in [2.75, 3.05) is 11.9 Å². The third kappa shape index (κ3) is 2.60. The fraction of sp³-hybridized carbons (Fsp3) is 0.154. The van der Waals surface area contributed by atoms with E-state index >= 15 is 0 Å². The van der Waals surface area contributed by atoms with Crippen LogP contribution in [0.2, 0.25) is 0 Å². The Hall–Kier alpha value is -1.94. The number of nitrogens with zero attached hydrogens (tertiary/aromatic N) is 2. The molecule has 0 spiro atoms. The molecule has 0 amide bonds. The normalized spacial score (nSPS) is 10.3. The summed E-state index contributed by atoms with van der Waals surface area (Å²) in [4.78, 5) is 5.91. The summed E-state index contributed by atoms with van der Waals surface area (Å²) in [6.45, 7) is 0.527. The fourth-order valence-corrected chi connectivity index (χ4v) is 1.55. The number of halogens is 1. The molecule has 2 aromatic rings. The summed E-state index contributed by atoms with van der Waals surface area (Å²) in [5.74, 6) is 0.368. The first-order valence-electron chi connectivity index (χ1n) is 5.35. The predicted molar refractivity (Wildman–Crippen MR) is 66.6 cm³/mol. The Balaban J connectivity index is 2.23. The van der Waals surface area contributed by atoms with E-state index in [1.165, 1.54) is 12.3 Å². The fourth-order valence-electron chi connectivity index (χ4n) is 1.55. The van der Waals surface area contributed by atoms with Gasteiger partial charge in [-0.1, -0.05) is 12.1 Å². The molecule has 0 saturated carbocycles. The average Bonchev–Trinajstić information content (AvgIpc) is 2.39. The molecule has 0 saturated heterocycles. The van der Waals surface area contributed by atoms with Gasteiger partial charge in [-0.05, 0) is 29.8 Å². The maximum absolute atomic E-state index is 12.8. The maximum Gasteiger partial charge on any atom is 0.141 e. The number of nitrogens with two attached hydrogens (primary N) is 1. The van der Waals surface area contributed by atoms with Gasteiger partial charge in [0.05, 0.1) is 6.20 Å². The molecule has 4 heteroatoms. The van der Waals surface area contributed by atoms with Crippen molar-refractivity contribution in [3.63, 3.8) is 0 Å². The van der Waals surface area contributed by atoms with Gasteiger partial charge in [-0.25, -0.2) is 9.37 Å². The second-order valence-corrected chi connectivity index (χ2v) is 3.76. The lowest BCUT2D eigenvalue weighted by Gasteiger charge is -2.18. The van der Waals surface area contributed by atoms with Crippen molar-refractivity contribution in [3.05, 3.63) is 54.0 Å². The second kappa shape index (κ2) is 4.93. The molecule has 1 aromatic heterocycles. The minimum Gasteiger partial charge on any atom is -0.329 e. The first kappa shape index (κ1) is 11.5. The number of hydrogen-bond acceptors (Lipinski definition) is 3. The maximum atomic E-state index is 12.8. The lowest BCUT2D eigenvalue weighted by molar-refractivity contribution is 0.621. The molecule has 3 nitrogen and oxygen atoms in total. The van der Waals surface area contributed by atoms with Crippen LogP contribution in [0.25, 0.3) is 0 Å². The van der Waals surface area contributed by atoms with Gasteiger partial charge in [-0.3, -0.25) is 0 Å². The van der Waals surface area contributed by atoms with Gasteiger partial charge >= 0.3 is 0 Å². The lowest BCUT2D eigenvalue weighted by Crippen LogP contribution is -2.11. The van der Waals surface area contributed by atoms with Gasteiger partial charge in [-0.15, -0.1) is 0 Å². The van der Waals surface area contributed by atoms with Gasteiger partial charge in [-0.2, -0.15) is 0 Å². The van der Waals surface area contributed by atoms with E-state index in [1.54, 1.807) is 6.07 Å². The van der Waals surface area contributed by atoms with Crippen LogP contribution in [0.4, 0.5) is 15.9 Å². The Kier molecular flexibility index (Phi) is 3.35. The number of aromatic nitrogens is 1. The van der Waals surface area contributed by atoms with Gasteiger partial charge in [0.15, 0.2) is 0 Å².